The van der Waals surface area contributed by atoms with Crippen LogP contribution in [0.1, 0.15) is 72.0 Å². The molecule has 2 aliphatic carbocycles. The van der Waals surface area contributed by atoms with Gasteiger partial charge in [-0.2, -0.15) is 0 Å². The Bertz CT molecular complexity index is 1890. The number of nitrogens with zero attached hydrogens (tertiary/aromatic N) is 4. The highest BCUT2D eigenvalue weighted by Gasteiger charge is 2.67. The van der Waals surface area contributed by atoms with Crippen molar-refractivity contribution in [2.75, 3.05) is 19.6 Å². The van der Waals surface area contributed by atoms with Gasteiger partial charge in [-0.15, -0.1) is 0 Å². The lowest BCUT2D eigenvalue weighted by Crippen LogP contribution is -2.53. The first-order valence-corrected chi connectivity index (χ1v) is 15.0. The predicted octanol–water partition coefficient (Wildman–Crippen LogP) is 3.38. The molecule has 3 unspecified atom stereocenters. The van der Waals surface area contributed by atoms with Crippen molar-refractivity contribution >= 4 is 35.2 Å². The number of hydrogen-bond acceptors (Lipinski definition) is 6. The number of aromatic hydroxyl groups is 1. The van der Waals surface area contributed by atoms with Gasteiger partial charge in [0, 0.05) is 37.7 Å². The molecule has 2 saturated carbocycles. The number of benzene rings is 2. The average molecular weight is 617 g/mol. The van der Waals surface area contributed by atoms with Crippen LogP contribution in [0.25, 0.3) is 0 Å². The van der Waals surface area contributed by atoms with E-state index in [2.05, 4.69) is 0 Å². The molecule has 0 bridgehead atoms. The molecule has 2 fully saturated rings. The zero-order valence-electron chi connectivity index (χ0n) is 23.4. The van der Waals surface area contributed by atoms with Gasteiger partial charge in [0.25, 0.3) is 29.2 Å². The van der Waals surface area contributed by atoms with Crippen molar-refractivity contribution in [1.29, 1.82) is 0 Å². The fourth-order valence-electron chi connectivity index (χ4n) is 7.98. The number of pyridine rings is 1. The summed E-state index contributed by atoms with van der Waals surface area (Å²) in [7, 11) is 0. The Balaban J connectivity index is 1.16. The van der Waals surface area contributed by atoms with Crippen LogP contribution >= 0.6 is 11.6 Å². The van der Waals surface area contributed by atoms with Gasteiger partial charge in [-0.05, 0) is 61.4 Å². The van der Waals surface area contributed by atoms with Crippen molar-refractivity contribution in [1.82, 2.24) is 19.3 Å². The summed E-state index contributed by atoms with van der Waals surface area (Å²) in [6.45, 7) is 0.230. The lowest BCUT2D eigenvalue weighted by atomic mass is 9.95. The van der Waals surface area contributed by atoms with Crippen LogP contribution in [0.4, 0.5) is 4.39 Å². The molecule has 2 aromatic carbocycles. The molecule has 5 aliphatic rings. The minimum atomic E-state index is -1.04. The number of carbonyl (C=O) groups excluding carboxylic acids is 4. The summed E-state index contributed by atoms with van der Waals surface area (Å²) in [5, 5.41) is 11.2. The molecular weight excluding hydrogens is 591 g/mol. The SMILES string of the molecule is O=C1c2c(c3n(c(=O)c2O)C2(CCC4CC42)N(CCN2C(=O)c4ccccc4C2=O)C3=O)CCN1Cc1ccc(F)c(Cl)c1. The summed E-state index contributed by atoms with van der Waals surface area (Å²) in [6.07, 6.45) is 2.31. The number of carbonyl (C=O) groups is 4. The number of halogens is 2. The summed E-state index contributed by atoms with van der Waals surface area (Å²) in [4.78, 5) is 72.3. The zero-order valence-corrected chi connectivity index (χ0v) is 24.1. The Morgan fingerprint density at radius 3 is 2.32 bits per heavy atom. The van der Waals surface area contributed by atoms with Gasteiger partial charge in [0.1, 0.15) is 17.2 Å². The summed E-state index contributed by atoms with van der Waals surface area (Å²) in [5.74, 6) is -2.89. The van der Waals surface area contributed by atoms with Gasteiger partial charge in [0.2, 0.25) is 0 Å². The molecule has 10 nitrogen and oxygen atoms in total. The van der Waals surface area contributed by atoms with Gasteiger partial charge >= 0.3 is 0 Å². The van der Waals surface area contributed by atoms with Crippen LogP contribution in [0, 0.1) is 17.7 Å². The third kappa shape index (κ3) is 3.50. The lowest BCUT2D eigenvalue weighted by Gasteiger charge is -2.38. The van der Waals surface area contributed by atoms with Crippen LogP contribution in [0.5, 0.6) is 5.75 Å². The van der Waals surface area contributed by atoms with Crippen molar-refractivity contribution in [2.24, 2.45) is 11.8 Å². The van der Waals surface area contributed by atoms with E-state index in [0.29, 0.717) is 34.6 Å². The molecule has 3 aliphatic heterocycles. The van der Waals surface area contributed by atoms with Crippen molar-refractivity contribution in [3.05, 3.63) is 97.2 Å². The molecule has 224 valence electrons. The number of rotatable bonds is 5. The quantitative estimate of drug-likeness (QED) is 0.439. The van der Waals surface area contributed by atoms with Crippen LogP contribution in [0.3, 0.4) is 0 Å². The molecule has 4 heterocycles. The smallest absolute Gasteiger partial charge is 0.296 e. The van der Waals surface area contributed by atoms with E-state index < -0.39 is 46.4 Å². The molecule has 0 radical (unpaired) electrons. The van der Waals surface area contributed by atoms with E-state index >= 15 is 0 Å². The highest BCUT2D eigenvalue weighted by Crippen LogP contribution is 2.64. The molecule has 1 aromatic heterocycles. The fourth-order valence-corrected chi connectivity index (χ4v) is 8.19. The summed E-state index contributed by atoms with van der Waals surface area (Å²) in [6, 6.07) is 10.7. The maximum absolute atomic E-state index is 14.3. The predicted molar refractivity (Wildman–Crippen MR) is 154 cm³/mol. The van der Waals surface area contributed by atoms with E-state index in [1.54, 1.807) is 29.2 Å². The van der Waals surface area contributed by atoms with Crippen LogP contribution in [-0.4, -0.2) is 67.6 Å². The van der Waals surface area contributed by atoms with Gasteiger partial charge in [0.05, 0.1) is 21.7 Å². The highest BCUT2D eigenvalue weighted by molar-refractivity contribution is 6.30. The van der Waals surface area contributed by atoms with E-state index in [-0.39, 0.29) is 54.8 Å². The van der Waals surface area contributed by atoms with Gasteiger partial charge in [-0.3, -0.25) is 33.4 Å². The normalized spacial score (nSPS) is 24.7. The second-order valence-corrected chi connectivity index (χ2v) is 12.6. The molecule has 3 aromatic rings. The van der Waals surface area contributed by atoms with E-state index in [1.807, 2.05) is 0 Å². The number of imide groups is 1. The van der Waals surface area contributed by atoms with E-state index in [9.17, 15) is 33.5 Å². The summed E-state index contributed by atoms with van der Waals surface area (Å²) >= 11 is 5.92. The Labute approximate surface area is 255 Å². The van der Waals surface area contributed by atoms with Gasteiger partial charge in [-0.1, -0.05) is 29.8 Å². The third-order valence-electron chi connectivity index (χ3n) is 10.1. The van der Waals surface area contributed by atoms with Gasteiger partial charge < -0.3 is 14.9 Å². The second kappa shape index (κ2) is 9.25. The monoisotopic (exact) mass is 616 g/mol. The van der Waals surface area contributed by atoms with Gasteiger partial charge in [-0.25, -0.2) is 4.39 Å². The standard InChI is InChI=1S/C32H26ClFN4O6/c33-22-13-16(5-6-23(22)34)15-35-10-8-20-24(29(35)42)26(39)31(44)38-25(20)30(43)37(32(38)9-7-17-14-21(17)32)12-11-36-27(40)18-3-1-2-4-19(18)28(36)41/h1-6,13,17,21,39H,7-12,14-15H2. The van der Waals surface area contributed by atoms with Gasteiger partial charge in [0.15, 0.2) is 5.75 Å². The first-order valence-electron chi connectivity index (χ1n) is 14.6. The molecule has 8 rings (SSSR count). The third-order valence-corrected chi connectivity index (χ3v) is 10.4. The van der Waals surface area contributed by atoms with Crippen LogP contribution in [0.2, 0.25) is 5.02 Å². The van der Waals surface area contributed by atoms with Crippen LogP contribution in [-0.2, 0) is 18.6 Å². The molecule has 1 N–H and O–H groups in total. The largest absolute Gasteiger partial charge is 0.502 e. The Morgan fingerprint density at radius 2 is 1.68 bits per heavy atom. The number of hydrogen-bond donors (Lipinski definition) is 1. The number of fused-ring (bicyclic) bond motifs is 7. The number of amides is 4. The summed E-state index contributed by atoms with van der Waals surface area (Å²) in [5.41, 5.74) is -0.428. The van der Waals surface area contributed by atoms with Crippen molar-refractivity contribution < 1.29 is 28.7 Å². The van der Waals surface area contributed by atoms with Crippen molar-refractivity contribution in [3.63, 3.8) is 0 Å². The molecule has 3 atom stereocenters. The summed E-state index contributed by atoms with van der Waals surface area (Å²) < 4.78 is 15.1. The van der Waals surface area contributed by atoms with E-state index in [4.69, 9.17) is 11.6 Å². The zero-order chi connectivity index (χ0) is 30.7. The highest BCUT2D eigenvalue weighted by atomic mass is 35.5. The minimum Gasteiger partial charge on any atom is -0.502 e. The topological polar surface area (TPSA) is 120 Å². The first-order chi connectivity index (χ1) is 21.1. The van der Waals surface area contributed by atoms with Crippen LogP contribution < -0.4 is 5.56 Å². The van der Waals surface area contributed by atoms with E-state index in [0.717, 1.165) is 17.7 Å². The number of aromatic nitrogens is 1. The molecular formula is C32H26ClFN4O6. The lowest BCUT2D eigenvalue weighted by molar-refractivity contribution is 0.0207. The Kier molecular flexibility index (Phi) is 5.69. The van der Waals surface area contributed by atoms with Crippen LogP contribution in [0.15, 0.2) is 47.3 Å². The first kappa shape index (κ1) is 27.1. The molecule has 1 spiro atoms. The second-order valence-electron chi connectivity index (χ2n) is 12.2. The molecule has 4 amide bonds. The Hall–Kier alpha value is -4.51. The fraction of sp³-hybridized carbons (Fsp3) is 0.344. The molecule has 44 heavy (non-hydrogen) atoms. The van der Waals surface area contributed by atoms with Crippen molar-refractivity contribution in [3.8, 4) is 5.75 Å². The maximum atomic E-state index is 14.3. The minimum absolute atomic E-state index is 0.00950. The van der Waals surface area contributed by atoms with Crippen molar-refractivity contribution in [2.45, 2.75) is 37.9 Å². The van der Waals surface area contributed by atoms with E-state index in [1.165, 1.54) is 27.7 Å². The average Bonchev–Trinajstić information content (AvgIpc) is 3.58. The Morgan fingerprint density at radius 1 is 0.955 bits per heavy atom. The molecule has 12 heteroatoms. The maximum Gasteiger partial charge on any atom is 0.296 e. The molecule has 0 saturated heterocycles.